The summed E-state index contributed by atoms with van der Waals surface area (Å²) in [6.45, 7) is 3.54. The largest absolute Gasteiger partial charge is 0.481 e. The summed E-state index contributed by atoms with van der Waals surface area (Å²) in [6.07, 6.45) is 27.7. The lowest BCUT2D eigenvalue weighted by molar-refractivity contribution is -0.167. The number of nitrogens with one attached hydrogen (secondary N) is 4. The van der Waals surface area contributed by atoms with Crippen molar-refractivity contribution in [2.75, 3.05) is 13.2 Å². The molecule has 10 N–H and O–H groups in total. The van der Waals surface area contributed by atoms with Crippen LogP contribution in [0.1, 0.15) is 284 Å². The zero-order valence-electron chi connectivity index (χ0n) is 52.5. The molecule has 5 unspecified atom stereocenters. The van der Waals surface area contributed by atoms with E-state index >= 15 is 0 Å². The SMILES string of the molecule is CCCCCCCCCCCCCCCCCC(=O)OCC(COC(=O)CCC(=O)NC(CCC(=O)O)C(=O)NC(CCC(=O)O)C(=O)NC(CCC(=O)O)C(=O)NC(CCC(=O)O)C(N)=O)OC(=O)CCCCCCCCCCCCCCCCC. The van der Waals surface area contributed by atoms with Gasteiger partial charge in [-0.1, -0.05) is 194 Å². The molecule has 0 aromatic carbocycles. The molecule has 0 aromatic rings. The first-order valence-electron chi connectivity index (χ1n) is 32.6. The standard InChI is InChI=1S/C63H109N5O19/c1-3-5-7-9-11-13-15-17-19-21-23-25-27-29-31-33-57(78)85-45-47(87-59(80)34-32-30-28-26-24-22-20-18-16-14-12-10-8-6-4-2)46-86-58(79)44-39-52(69)65-49(36-41-54(72)73)61(82)67-51(38-43-56(76)77)63(84)68-50(37-42-55(74)75)62(83)66-48(60(64)81)35-40-53(70)71/h47-51H,3-46H2,1-2H3,(H2,64,81)(H,65,69)(H,66,83)(H,67,82)(H,68,84)(H,70,71)(H,72,73)(H,74,75)(H,76,77). The van der Waals surface area contributed by atoms with Crippen LogP contribution >= 0.6 is 0 Å². The van der Waals surface area contributed by atoms with Gasteiger partial charge in [-0.15, -0.1) is 0 Å². The van der Waals surface area contributed by atoms with Crippen LogP contribution in [0.2, 0.25) is 0 Å². The minimum atomic E-state index is -1.80. The highest BCUT2D eigenvalue weighted by molar-refractivity contribution is 5.96. The summed E-state index contributed by atoms with van der Waals surface area (Å²) in [5.74, 6) is -13.3. The van der Waals surface area contributed by atoms with Crippen LogP contribution in [0.3, 0.4) is 0 Å². The summed E-state index contributed by atoms with van der Waals surface area (Å²) in [5.41, 5.74) is 5.30. The molecule has 0 saturated heterocycles. The van der Waals surface area contributed by atoms with E-state index in [0.717, 1.165) is 51.4 Å². The lowest BCUT2D eigenvalue weighted by atomic mass is 10.0. The van der Waals surface area contributed by atoms with E-state index in [2.05, 4.69) is 35.1 Å². The molecule has 0 rings (SSSR count). The topological polar surface area (TPSA) is 388 Å². The third-order valence-electron chi connectivity index (χ3n) is 14.8. The Bertz CT molecular complexity index is 2010. The summed E-state index contributed by atoms with van der Waals surface area (Å²) < 4.78 is 16.4. The highest BCUT2D eigenvalue weighted by atomic mass is 16.6. The van der Waals surface area contributed by atoms with Gasteiger partial charge in [0.2, 0.25) is 29.5 Å². The predicted octanol–water partition coefficient (Wildman–Crippen LogP) is 9.17. The minimum Gasteiger partial charge on any atom is -0.481 e. The van der Waals surface area contributed by atoms with Crippen LogP contribution in [0.25, 0.3) is 0 Å². The molecule has 0 aliphatic heterocycles. The quantitative estimate of drug-likeness (QED) is 0.0156. The third-order valence-corrected chi connectivity index (χ3v) is 14.8. The van der Waals surface area contributed by atoms with Crippen molar-refractivity contribution in [2.24, 2.45) is 5.73 Å². The van der Waals surface area contributed by atoms with Crippen LogP contribution in [0.4, 0.5) is 0 Å². The van der Waals surface area contributed by atoms with Gasteiger partial charge in [0.15, 0.2) is 6.10 Å². The number of carbonyl (C=O) groups is 12. The van der Waals surface area contributed by atoms with E-state index in [1.165, 1.54) is 128 Å². The molecule has 500 valence electrons. The number of rotatable bonds is 60. The predicted molar refractivity (Wildman–Crippen MR) is 325 cm³/mol. The van der Waals surface area contributed by atoms with Gasteiger partial charge < -0.3 is 61.6 Å². The van der Waals surface area contributed by atoms with Gasteiger partial charge in [-0.2, -0.15) is 0 Å². The molecule has 0 heterocycles. The normalized spacial score (nSPS) is 12.8. The van der Waals surface area contributed by atoms with Crippen LogP contribution in [0, 0.1) is 0 Å². The number of unbranched alkanes of at least 4 members (excludes halogenated alkanes) is 28. The first-order chi connectivity index (χ1) is 41.7. The number of aliphatic carboxylic acids is 4. The fourth-order valence-electron chi connectivity index (χ4n) is 9.62. The van der Waals surface area contributed by atoms with Gasteiger partial charge in [0, 0.05) is 44.9 Å². The van der Waals surface area contributed by atoms with E-state index < -0.39 is 172 Å². The number of primary amides is 1. The Kier molecular flexibility index (Phi) is 49.9. The molecular weight excluding hydrogens is 1130 g/mol. The van der Waals surface area contributed by atoms with Gasteiger partial charge >= 0.3 is 41.8 Å². The molecule has 0 aliphatic carbocycles. The number of carboxylic acids is 4. The zero-order chi connectivity index (χ0) is 64.9. The number of esters is 3. The number of nitrogens with two attached hydrogens (primary N) is 1. The molecule has 0 aromatic heterocycles. The summed E-state index contributed by atoms with van der Waals surface area (Å²) in [5, 5.41) is 46.0. The molecule has 0 bridgehead atoms. The number of hydrogen-bond acceptors (Lipinski definition) is 15. The van der Waals surface area contributed by atoms with Gasteiger partial charge in [-0.05, 0) is 38.5 Å². The maximum absolute atomic E-state index is 13.7. The van der Waals surface area contributed by atoms with Crippen molar-refractivity contribution in [2.45, 2.75) is 314 Å². The van der Waals surface area contributed by atoms with Gasteiger partial charge in [0.25, 0.3) is 0 Å². The van der Waals surface area contributed by atoms with E-state index in [1.807, 2.05) is 0 Å². The molecule has 24 nitrogen and oxygen atoms in total. The van der Waals surface area contributed by atoms with Crippen LogP contribution in [-0.2, 0) is 71.7 Å². The molecule has 5 amide bonds. The third kappa shape index (κ3) is 49.3. The Balaban J connectivity index is 5.65. The van der Waals surface area contributed by atoms with Gasteiger partial charge in [-0.25, -0.2) is 0 Å². The Morgan fingerprint density at radius 1 is 0.322 bits per heavy atom. The van der Waals surface area contributed by atoms with Crippen molar-refractivity contribution in [1.82, 2.24) is 21.3 Å². The molecule has 0 aliphatic rings. The monoisotopic (exact) mass is 1240 g/mol. The van der Waals surface area contributed by atoms with Gasteiger partial charge in [0.05, 0.1) is 6.42 Å². The van der Waals surface area contributed by atoms with Crippen LogP contribution in [0.5, 0.6) is 0 Å². The lowest BCUT2D eigenvalue weighted by Gasteiger charge is -2.26. The fourth-order valence-corrected chi connectivity index (χ4v) is 9.62. The molecule has 5 atom stereocenters. The first kappa shape index (κ1) is 80.6. The minimum absolute atomic E-state index is 0.0956. The molecule has 0 radical (unpaired) electrons. The van der Waals surface area contributed by atoms with Crippen LogP contribution in [0.15, 0.2) is 0 Å². The van der Waals surface area contributed by atoms with E-state index in [4.69, 9.17) is 25.1 Å². The highest BCUT2D eigenvalue weighted by Gasteiger charge is 2.32. The maximum atomic E-state index is 13.7. The highest BCUT2D eigenvalue weighted by Crippen LogP contribution is 2.17. The van der Waals surface area contributed by atoms with Crippen LogP contribution in [-0.4, -0.2) is 135 Å². The second-order valence-corrected chi connectivity index (χ2v) is 22.8. The van der Waals surface area contributed by atoms with Crippen molar-refractivity contribution < 1.29 is 92.2 Å². The average molecular weight is 1240 g/mol. The summed E-state index contributed by atoms with van der Waals surface area (Å²) >= 11 is 0. The van der Waals surface area contributed by atoms with Crippen molar-refractivity contribution >= 4 is 71.3 Å². The van der Waals surface area contributed by atoms with Crippen molar-refractivity contribution in [3.63, 3.8) is 0 Å². The molecule has 24 heteroatoms. The second-order valence-electron chi connectivity index (χ2n) is 22.8. The average Bonchev–Trinajstić information content (AvgIpc) is 3.56. The number of carboxylic acid groups (broad SMARTS) is 4. The Morgan fingerprint density at radius 3 is 0.897 bits per heavy atom. The second kappa shape index (κ2) is 53.8. The number of ether oxygens (including phenoxy) is 3. The van der Waals surface area contributed by atoms with E-state index in [-0.39, 0.29) is 19.4 Å². The van der Waals surface area contributed by atoms with Crippen molar-refractivity contribution in [3.05, 3.63) is 0 Å². The molecule has 0 fully saturated rings. The van der Waals surface area contributed by atoms with E-state index in [0.29, 0.717) is 12.8 Å². The van der Waals surface area contributed by atoms with E-state index in [9.17, 15) is 72.9 Å². The Morgan fingerprint density at radius 2 is 0.586 bits per heavy atom. The molecule has 87 heavy (non-hydrogen) atoms. The van der Waals surface area contributed by atoms with Crippen molar-refractivity contribution in [3.8, 4) is 0 Å². The Labute approximate surface area is 515 Å². The summed E-state index contributed by atoms with van der Waals surface area (Å²) in [6, 6.07) is -6.80. The number of hydrogen-bond donors (Lipinski definition) is 9. The van der Waals surface area contributed by atoms with Crippen molar-refractivity contribution in [1.29, 1.82) is 0 Å². The van der Waals surface area contributed by atoms with E-state index in [1.54, 1.807) is 0 Å². The number of carbonyl (C=O) groups excluding carboxylic acids is 8. The van der Waals surface area contributed by atoms with Gasteiger partial charge in [-0.3, -0.25) is 57.5 Å². The fraction of sp³-hybridized carbons (Fsp3) is 0.810. The molecule has 0 saturated carbocycles. The zero-order valence-corrected chi connectivity index (χ0v) is 52.5. The number of amides is 5. The first-order valence-corrected chi connectivity index (χ1v) is 32.6. The summed E-state index contributed by atoms with van der Waals surface area (Å²) in [7, 11) is 0. The smallest absolute Gasteiger partial charge is 0.306 e. The van der Waals surface area contributed by atoms with Gasteiger partial charge in [0.1, 0.15) is 37.4 Å². The molecule has 0 spiro atoms. The van der Waals surface area contributed by atoms with Crippen LogP contribution < -0.4 is 27.0 Å². The summed E-state index contributed by atoms with van der Waals surface area (Å²) in [4.78, 5) is 150. The lowest BCUT2D eigenvalue weighted by Crippen LogP contribution is -2.58. The molecular formula is C63H109N5O19. The maximum Gasteiger partial charge on any atom is 0.306 e. The Hall–Kier alpha value is -6.36.